The zero-order valence-electron chi connectivity index (χ0n) is 12.5. The van der Waals surface area contributed by atoms with E-state index in [1.807, 2.05) is 12.1 Å². The molecule has 0 spiro atoms. The number of hydrogen-bond donors (Lipinski definition) is 2. The van der Waals surface area contributed by atoms with Gasteiger partial charge in [0.05, 0.1) is 24.5 Å². The van der Waals surface area contributed by atoms with Crippen LogP contribution in [0.25, 0.3) is 0 Å². The van der Waals surface area contributed by atoms with Gasteiger partial charge in [-0.25, -0.2) is 13.1 Å². The fourth-order valence-corrected chi connectivity index (χ4v) is 4.59. The van der Waals surface area contributed by atoms with E-state index in [4.69, 9.17) is 0 Å². The van der Waals surface area contributed by atoms with Gasteiger partial charge < -0.3 is 4.90 Å². The first-order chi connectivity index (χ1) is 10.1. The van der Waals surface area contributed by atoms with Crippen molar-refractivity contribution in [3.63, 3.8) is 0 Å². The molecule has 0 saturated carbocycles. The molecule has 5 heteroatoms. The Hall–Kier alpha value is -0.910. The van der Waals surface area contributed by atoms with Gasteiger partial charge >= 0.3 is 0 Å². The molecule has 1 saturated heterocycles. The normalized spacial score (nSPS) is 19.0. The highest BCUT2D eigenvalue weighted by atomic mass is 32.2. The second-order valence-corrected chi connectivity index (χ2v) is 8.01. The first-order valence-corrected chi connectivity index (χ1v) is 9.58. The SMILES string of the molecule is O=S(=O)(NCCC[NH+]1CCCC1)c1ccc2c(c1)CCC2. The molecule has 0 radical (unpaired) electrons. The van der Waals surface area contributed by atoms with E-state index in [-0.39, 0.29) is 0 Å². The number of likely N-dealkylation sites (tertiary alicyclic amines) is 1. The van der Waals surface area contributed by atoms with Gasteiger partial charge in [-0.3, -0.25) is 0 Å². The smallest absolute Gasteiger partial charge is 0.240 e. The minimum absolute atomic E-state index is 0.427. The van der Waals surface area contributed by atoms with Crippen molar-refractivity contribution in [3.8, 4) is 0 Å². The molecule has 1 aromatic rings. The van der Waals surface area contributed by atoms with E-state index in [0.717, 1.165) is 32.2 Å². The van der Waals surface area contributed by atoms with Gasteiger partial charge in [-0.1, -0.05) is 6.07 Å². The van der Waals surface area contributed by atoms with Crippen molar-refractivity contribution in [3.05, 3.63) is 29.3 Å². The van der Waals surface area contributed by atoms with E-state index in [1.165, 1.54) is 37.1 Å². The highest BCUT2D eigenvalue weighted by Gasteiger charge is 2.19. The van der Waals surface area contributed by atoms with E-state index in [0.29, 0.717) is 11.4 Å². The van der Waals surface area contributed by atoms with Crippen molar-refractivity contribution in [2.75, 3.05) is 26.2 Å². The third-order valence-corrected chi connectivity index (χ3v) is 6.15. The summed E-state index contributed by atoms with van der Waals surface area (Å²) in [5.74, 6) is 0. The number of nitrogens with one attached hydrogen (secondary N) is 2. The van der Waals surface area contributed by atoms with Crippen LogP contribution in [0.2, 0.25) is 0 Å². The summed E-state index contributed by atoms with van der Waals surface area (Å²) in [6.07, 6.45) is 6.79. The van der Waals surface area contributed by atoms with Crippen molar-refractivity contribution in [1.82, 2.24) is 4.72 Å². The summed E-state index contributed by atoms with van der Waals surface area (Å²) < 4.78 is 27.4. The maximum absolute atomic E-state index is 12.3. The predicted octanol–water partition coefficient (Wildman–Crippen LogP) is 0.522. The number of aryl methyl sites for hydroxylation is 2. The minimum Gasteiger partial charge on any atom is -0.335 e. The van der Waals surface area contributed by atoms with Crippen molar-refractivity contribution in [2.45, 2.75) is 43.4 Å². The highest BCUT2D eigenvalue weighted by Crippen LogP contribution is 2.24. The Morgan fingerprint density at radius 3 is 2.62 bits per heavy atom. The van der Waals surface area contributed by atoms with Gasteiger partial charge in [-0.2, -0.15) is 0 Å². The molecule has 2 aliphatic rings. The summed E-state index contributed by atoms with van der Waals surface area (Å²) in [6, 6.07) is 5.58. The maximum atomic E-state index is 12.3. The summed E-state index contributed by atoms with van der Waals surface area (Å²) in [6.45, 7) is 4.12. The fraction of sp³-hybridized carbons (Fsp3) is 0.625. The molecule has 1 aromatic carbocycles. The van der Waals surface area contributed by atoms with Crippen molar-refractivity contribution in [1.29, 1.82) is 0 Å². The summed E-state index contributed by atoms with van der Waals surface area (Å²) in [5.41, 5.74) is 2.52. The largest absolute Gasteiger partial charge is 0.335 e. The van der Waals surface area contributed by atoms with Gasteiger partial charge in [0.15, 0.2) is 0 Å². The van der Waals surface area contributed by atoms with E-state index in [1.54, 1.807) is 11.0 Å². The van der Waals surface area contributed by atoms with E-state index in [2.05, 4.69) is 4.72 Å². The van der Waals surface area contributed by atoms with Crippen molar-refractivity contribution in [2.24, 2.45) is 0 Å². The van der Waals surface area contributed by atoms with Crippen LogP contribution >= 0.6 is 0 Å². The lowest BCUT2D eigenvalue weighted by Gasteiger charge is -2.12. The lowest BCUT2D eigenvalue weighted by Crippen LogP contribution is -3.10. The maximum Gasteiger partial charge on any atom is 0.240 e. The van der Waals surface area contributed by atoms with Gasteiger partial charge in [0.2, 0.25) is 10.0 Å². The third-order valence-electron chi connectivity index (χ3n) is 4.69. The Bertz CT molecular complexity index is 592. The molecule has 0 bridgehead atoms. The fourth-order valence-electron chi connectivity index (χ4n) is 3.47. The number of quaternary nitrogens is 1. The van der Waals surface area contributed by atoms with Gasteiger partial charge in [-0.05, 0) is 42.5 Å². The molecular formula is C16H25N2O2S+. The number of sulfonamides is 1. The highest BCUT2D eigenvalue weighted by molar-refractivity contribution is 7.89. The first kappa shape index (κ1) is 15.0. The summed E-state index contributed by atoms with van der Waals surface area (Å²) in [5, 5.41) is 0. The number of hydrogen-bond acceptors (Lipinski definition) is 2. The average Bonchev–Trinajstić information content (AvgIpc) is 3.13. The quantitative estimate of drug-likeness (QED) is 0.753. The van der Waals surface area contributed by atoms with Crippen LogP contribution in [0.3, 0.4) is 0 Å². The van der Waals surface area contributed by atoms with Crippen LogP contribution < -0.4 is 9.62 Å². The molecular weight excluding hydrogens is 284 g/mol. The van der Waals surface area contributed by atoms with Crippen LogP contribution in [0.1, 0.15) is 36.8 Å². The third kappa shape index (κ3) is 3.65. The molecule has 0 atom stereocenters. The Balaban J connectivity index is 1.53. The molecule has 4 nitrogen and oxygen atoms in total. The molecule has 116 valence electrons. The average molecular weight is 309 g/mol. The van der Waals surface area contributed by atoms with Crippen LogP contribution in [0, 0.1) is 0 Å². The van der Waals surface area contributed by atoms with Crippen LogP contribution in [0.5, 0.6) is 0 Å². The summed E-state index contributed by atoms with van der Waals surface area (Å²) in [7, 11) is -3.34. The second-order valence-electron chi connectivity index (χ2n) is 6.24. The zero-order valence-corrected chi connectivity index (χ0v) is 13.3. The molecule has 0 aromatic heterocycles. The Kier molecular flexibility index (Phi) is 4.62. The van der Waals surface area contributed by atoms with Crippen molar-refractivity contribution >= 4 is 10.0 Å². The monoisotopic (exact) mass is 309 g/mol. The van der Waals surface area contributed by atoms with Crippen LogP contribution in [-0.2, 0) is 22.9 Å². The predicted molar refractivity (Wildman–Crippen MR) is 83.1 cm³/mol. The van der Waals surface area contributed by atoms with Crippen LogP contribution in [0.4, 0.5) is 0 Å². The summed E-state index contributed by atoms with van der Waals surface area (Å²) >= 11 is 0. The summed E-state index contributed by atoms with van der Waals surface area (Å²) in [4.78, 5) is 2.04. The van der Waals surface area contributed by atoms with E-state index in [9.17, 15) is 8.42 Å². The molecule has 0 unspecified atom stereocenters. The molecule has 1 aliphatic carbocycles. The Morgan fingerprint density at radius 2 is 1.81 bits per heavy atom. The van der Waals surface area contributed by atoms with Gasteiger partial charge in [0, 0.05) is 25.8 Å². The Morgan fingerprint density at radius 1 is 1.05 bits per heavy atom. The number of benzene rings is 1. The molecule has 0 amide bonds. The van der Waals surface area contributed by atoms with E-state index >= 15 is 0 Å². The van der Waals surface area contributed by atoms with Crippen LogP contribution in [0.15, 0.2) is 23.1 Å². The van der Waals surface area contributed by atoms with Gasteiger partial charge in [-0.15, -0.1) is 0 Å². The number of rotatable bonds is 6. The number of fused-ring (bicyclic) bond motifs is 1. The van der Waals surface area contributed by atoms with E-state index < -0.39 is 10.0 Å². The second kappa shape index (κ2) is 6.46. The molecule has 21 heavy (non-hydrogen) atoms. The molecule has 1 aliphatic heterocycles. The molecule has 1 heterocycles. The Labute approximate surface area is 127 Å². The molecule has 2 N–H and O–H groups in total. The molecule has 3 rings (SSSR count). The molecule has 1 fully saturated rings. The van der Waals surface area contributed by atoms with Gasteiger partial charge in [0.1, 0.15) is 0 Å². The van der Waals surface area contributed by atoms with Gasteiger partial charge in [0.25, 0.3) is 0 Å². The lowest BCUT2D eigenvalue weighted by molar-refractivity contribution is -0.887. The minimum atomic E-state index is -3.34. The zero-order chi connectivity index (χ0) is 14.7. The first-order valence-electron chi connectivity index (χ1n) is 8.10. The van der Waals surface area contributed by atoms with Crippen LogP contribution in [-0.4, -0.2) is 34.6 Å². The lowest BCUT2D eigenvalue weighted by atomic mass is 10.1. The van der Waals surface area contributed by atoms with Crippen molar-refractivity contribution < 1.29 is 13.3 Å². The standard InChI is InChI=1S/C16H24N2O2S/c19-21(20,17-9-4-12-18-10-1-2-11-18)16-8-7-14-5-3-6-15(14)13-16/h7-8,13,17H,1-6,9-12H2/p+1. The topological polar surface area (TPSA) is 50.6 Å².